The Kier molecular flexibility index (Phi) is 6.82. The van der Waals surface area contributed by atoms with E-state index < -0.39 is 0 Å². The number of hydrogen-bond acceptors (Lipinski definition) is 0. The Morgan fingerprint density at radius 2 is 1.79 bits per heavy atom. The average molecular weight is 190 g/mol. The Bertz CT molecular complexity index is 271. The second kappa shape index (κ2) is 7.37. The summed E-state index contributed by atoms with van der Waals surface area (Å²) in [6, 6.07) is 6.38. The van der Waals surface area contributed by atoms with Crippen molar-refractivity contribution in [1.29, 1.82) is 0 Å². The third kappa shape index (κ3) is 3.78. The molecule has 1 rings (SSSR count). The van der Waals surface area contributed by atoms with Gasteiger partial charge in [-0.15, -0.1) is 0 Å². The molecule has 78 valence electrons. The predicted molar refractivity (Wildman–Crippen MR) is 66.6 cm³/mol. The van der Waals surface area contributed by atoms with Crippen molar-refractivity contribution in [3.05, 3.63) is 41.5 Å². The van der Waals surface area contributed by atoms with E-state index in [1.165, 1.54) is 23.1 Å². The monoisotopic (exact) mass is 190 g/mol. The number of hydrogen-bond donors (Lipinski definition) is 0. The molecule has 0 atom stereocenters. The molecule has 0 heterocycles. The first-order valence-electron chi connectivity index (χ1n) is 5.42. The maximum Gasteiger partial charge on any atom is -0.0201 e. The normalized spacial score (nSPS) is 8.86. The standard InChI is InChI=1S/C11H14.C3H8/c1-4-10-8-6-7-9(3)11(10)5-2;1-3-2/h5-8H,2,4H2,1,3H3;3H2,1-2H3. The lowest BCUT2D eigenvalue weighted by atomic mass is 10.0. The van der Waals surface area contributed by atoms with Gasteiger partial charge in [0.2, 0.25) is 0 Å². The molecule has 0 heteroatoms. The molecule has 0 spiro atoms. The highest BCUT2D eigenvalue weighted by molar-refractivity contribution is 5.56. The summed E-state index contributed by atoms with van der Waals surface area (Å²) in [6.45, 7) is 12.3. The second-order valence-electron chi connectivity index (χ2n) is 3.41. The predicted octanol–water partition coefficient (Wildman–Crippen LogP) is 4.62. The van der Waals surface area contributed by atoms with Crippen LogP contribution >= 0.6 is 0 Å². The van der Waals surface area contributed by atoms with E-state index in [-0.39, 0.29) is 0 Å². The fourth-order valence-electron chi connectivity index (χ4n) is 1.34. The minimum atomic E-state index is 1.09. The zero-order valence-corrected chi connectivity index (χ0v) is 9.93. The Morgan fingerprint density at radius 1 is 1.21 bits per heavy atom. The molecule has 0 saturated heterocycles. The van der Waals surface area contributed by atoms with Crippen LogP contribution in [0.5, 0.6) is 0 Å². The Morgan fingerprint density at radius 3 is 2.14 bits per heavy atom. The van der Waals surface area contributed by atoms with Crippen LogP contribution in [0.4, 0.5) is 0 Å². The van der Waals surface area contributed by atoms with Crippen molar-refractivity contribution in [2.75, 3.05) is 0 Å². The van der Waals surface area contributed by atoms with E-state index in [9.17, 15) is 0 Å². The Labute approximate surface area is 88.7 Å². The highest BCUT2D eigenvalue weighted by Gasteiger charge is 1.97. The van der Waals surface area contributed by atoms with Crippen molar-refractivity contribution in [3.63, 3.8) is 0 Å². The molecular weight excluding hydrogens is 168 g/mol. The summed E-state index contributed by atoms with van der Waals surface area (Å²) in [5.41, 5.74) is 4.01. The van der Waals surface area contributed by atoms with Crippen LogP contribution in [0.1, 0.15) is 43.9 Å². The third-order valence-electron chi connectivity index (χ3n) is 2.00. The molecule has 0 aliphatic heterocycles. The molecule has 0 nitrogen and oxygen atoms in total. The molecule has 0 fully saturated rings. The first kappa shape index (κ1) is 13.0. The topological polar surface area (TPSA) is 0 Å². The van der Waals surface area contributed by atoms with Gasteiger partial charge in [0.05, 0.1) is 0 Å². The molecule has 0 radical (unpaired) electrons. The molecule has 0 bridgehead atoms. The second-order valence-corrected chi connectivity index (χ2v) is 3.41. The van der Waals surface area contributed by atoms with Crippen LogP contribution in [0.2, 0.25) is 0 Å². The SMILES string of the molecule is C=Cc1c(C)cccc1CC.CCC. The van der Waals surface area contributed by atoms with Crippen LogP contribution in [0, 0.1) is 6.92 Å². The summed E-state index contributed by atoms with van der Waals surface area (Å²) in [7, 11) is 0. The van der Waals surface area contributed by atoms with E-state index in [0.717, 1.165) is 6.42 Å². The van der Waals surface area contributed by atoms with E-state index in [1.807, 2.05) is 6.08 Å². The van der Waals surface area contributed by atoms with Crippen LogP contribution < -0.4 is 0 Å². The first-order valence-corrected chi connectivity index (χ1v) is 5.42. The molecule has 0 saturated carbocycles. The van der Waals surface area contributed by atoms with Gasteiger partial charge >= 0.3 is 0 Å². The molecule has 0 N–H and O–H groups in total. The molecule has 1 aromatic rings. The van der Waals surface area contributed by atoms with E-state index in [2.05, 4.69) is 52.5 Å². The zero-order valence-electron chi connectivity index (χ0n) is 9.93. The summed E-state index contributed by atoms with van der Waals surface area (Å²) >= 11 is 0. The zero-order chi connectivity index (χ0) is 11.0. The van der Waals surface area contributed by atoms with Gasteiger partial charge in [-0.05, 0) is 30.0 Å². The molecule has 0 aromatic heterocycles. The number of benzene rings is 1. The van der Waals surface area contributed by atoms with Gasteiger partial charge in [0.1, 0.15) is 0 Å². The first-order chi connectivity index (χ1) is 6.71. The largest absolute Gasteiger partial charge is 0.0985 e. The van der Waals surface area contributed by atoms with Gasteiger partial charge in [-0.25, -0.2) is 0 Å². The van der Waals surface area contributed by atoms with Gasteiger partial charge in [0.25, 0.3) is 0 Å². The summed E-state index contributed by atoms with van der Waals surface area (Å²) in [6.07, 6.45) is 4.28. The highest BCUT2D eigenvalue weighted by atomic mass is 14.0. The molecule has 0 aliphatic rings. The van der Waals surface area contributed by atoms with Crippen molar-refractivity contribution in [2.24, 2.45) is 0 Å². The van der Waals surface area contributed by atoms with Crippen molar-refractivity contribution < 1.29 is 0 Å². The van der Waals surface area contributed by atoms with Crippen molar-refractivity contribution in [1.82, 2.24) is 0 Å². The lowest BCUT2D eigenvalue weighted by Crippen LogP contribution is -1.88. The summed E-state index contributed by atoms with van der Waals surface area (Å²) in [4.78, 5) is 0. The van der Waals surface area contributed by atoms with E-state index >= 15 is 0 Å². The van der Waals surface area contributed by atoms with Crippen LogP contribution in [0.3, 0.4) is 0 Å². The minimum absolute atomic E-state index is 1.09. The maximum absolute atomic E-state index is 3.80. The lowest BCUT2D eigenvalue weighted by molar-refractivity contribution is 1.09. The van der Waals surface area contributed by atoms with Gasteiger partial charge in [-0.1, -0.05) is 58.0 Å². The van der Waals surface area contributed by atoms with Gasteiger partial charge in [-0.3, -0.25) is 0 Å². The quantitative estimate of drug-likeness (QED) is 0.638. The molecule has 0 unspecified atom stereocenters. The van der Waals surface area contributed by atoms with Crippen molar-refractivity contribution >= 4 is 6.08 Å². The van der Waals surface area contributed by atoms with Crippen LogP contribution in [-0.2, 0) is 6.42 Å². The summed E-state index contributed by atoms with van der Waals surface area (Å²) in [5.74, 6) is 0. The van der Waals surface area contributed by atoms with E-state index in [1.54, 1.807) is 0 Å². The number of aryl methyl sites for hydroxylation is 2. The number of rotatable bonds is 2. The molecule has 0 amide bonds. The van der Waals surface area contributed by atoms with E-state index in [4.69, 9.17) is 0 Å². The van der Waals surface area contributed by atoms with Gasteiger partial charge < -0.3 is 0 Å². The van der Waals surface area contributed by atoms with Gasteiger partial charge in [-0.2, -0.15) is 0 Å². The molecular formula is C14H22. The molecule has 0 aliphatic carbocycles. The summed E-state index contributed by atoms with van der Waals surface area (Å²) < 4.78 is 0. The highest BCUT2D eigenvalue weighted by Crippen LogP contribution is 2.15. The Balaban J connectivity index is 0.000000500. The minimum Gasteiger partial charge on any atom is -0.0985 e. The summed E-state index contributed by atoms with van der Waals surface area (Å²) in [5, 5.41) is 0. The fraction of sp³-hybridized carbons (Fsp3) is 0.429. The van der Waals surface area contributed by atoms with Crippen LogP contribution in [-0.4, -0.2) is 0 Å². The van der Waals surface area contributed by atoms with Crippen LogP contribution in [0.15, 0.2) is 24.8 Å². The third-order valence-corrected chi connectivity index (χ3v) is 2.00. The average Bonchev–Trinajstić information content (AvgIpc) is 2.18. The van der Waals surface area contributed by atoms with Crippen molar-refractivity contribution in [3.8, 4) is 0 Å². The molecule has 14 heavy (non-hydrogen) atoms. The lowest BCUT2D eigenvalue weighted by Gasteiger charge is -2.05. The molecule has 1 aromatic carbocycles. The van der Waals surface area contributed by atoms with Crippen molar-refractivity contribution in [2.45, 2.75) is 40.5 Å². The van der Waals surface area contributed by atoms with Gasteiger partial charge in [0, 0.05) is 0 Å². The smallest absolute Gasteiger partial charge is 0.0201 e. The fourth-order valence-corrected chi connectivity index (χ4v) is 1.34. The van der Waals surface area contributed by atoms with Crippen LogP contribution in [0.25, 0.3) is 6.08 Å². The Hall–Kier alpha value is -1.04. The maximum atomic E-state index is 3.80. The van der Waals surface area contributed by atoms with Gasteiger partial charge in [0.15, 0.2) is 0 Å². The van der Waals surface area contributed by atoms with E-state index in [0.29, 0.717) is 0 Å².